The molecule has 3 heterocycles. The summed E-state index contributed by atoms with van der Waals surface area (Å²) >= 11 is 0. The summed E-state index contributed by atoms with van der Waals surface area (Å²) in [6, 6.07) is 22.2. The molecule has 1 aromatic heterocycles. The lowest BCUT2D eigenvalue weighted by molar-refractivity contribution is -0.146. The minimum atomic E-state index is -3.40. The molecule has 1 fully saturated rings. The number of aliphatic hydroxyl groups excluding tert-OH is 2. The Hall–Kier alpha value is -4.43. The fourth-order valence-corrected chi connectivity index (χ4v) is 10.1. The van der Waals surface area contributed by atoms with E-state index in [1.54, 1.807) is 54.2 Å². The first kappa shape index (κ1) is 35.4. The number of aliphatic hydroxyl groups is 2. The molecule has 2 aliphatic heterocycles. The van der Waals surface area contributed by atoms with Gasteiger partial charge >= 0.3 is 0 Å². The molecule has 6 rings (SSSR count). The highest BCUT2D eigenvalue weighted by Crippen LogP contribution is 2.60. The van der Waals surface area contributed by atoms with Crippen molar-refractivity contribution < 1.29 is 33.4 Å². The molecule has 3 N–H and O–H groups in total. The van der Waals surface area contributed by atoms with Gasteiger partial charge in [0.1, 0.15) is 11.9 Å². The van der Waals surface area contributed by atoms with Crippen LogP contribution in [0.2, 0.25) is 18.6 Å². The van der Waals surface area contributed by atoms with Crippen LogP contribution in [-0.2, 0) is 33.0 Å². The molecule has 4 aromatic rings. The summed E-state index contributed by atoms with van der Waals surface area (Å²) in [5.74, 6) is -1.02. The molecule has 1 spiro atoms. The number of nitrogens with one attached hydrogen (secondary N) is 1. The molecule has 0 aliphatic carbocycles. The maximum absolute atomic E-state index is 16.4. The standard InChI is InChI=1S/C37H44FN5O6Si/c1-23-34(50(4,5)38)33(17-18-42-21-31(40-41-42)29(22-44)26-9-7-6-8-10-26)49-37(23)30-19-28(48-3)15-16-32(30)43(36(37)47)20-25-11-13-27(14-12-25)39-35(46)24(2)45/h6-16,19,21,23-24,29,33-34,44-45H,17-18,20,22H2,1-5H3,(H,39,46)/t23-,24-,29?,33+,34-,37+/m0/s1. The quantitative estimate of drug-likeness (QED) is 0.136. The van der Waals surface area contributed by atoms with Crippen molar-refractivity contribution in [3.8, 4) is 5.75 Å². The van der Waals surface area contributed by atoms with Crippen molar-refractivity contribution in [1.82, 2.24) is 15.0 Å². The van der Waals surface area contributed by atoms with Gasteiger partial charge in [0.25, 0.3) is 11.8 Å². The lowest BCUT2D eigenvalue weighted by Gasteiger charge is -2.31. The molecule has 50 heavy (non-hydrogen) atoms. The fraction of sp³-hybridized carbons (Fsp3) is 0.405. The second-order valence-corrected chi connectivity index (χ2v) is 17.5. The van der Waals surface area contributed by atoms with Gasteiger partial charge in [0.2, 0.25) is 8.41 Å². The number of rotatable bonds is 12. The third-order valence-electron chi connectivity index (χ3n) is 10.1. The van der Waals surface area contributed by atoms with Gasteiger partial charge in [-0.05, 0) is 67.9 Å². The van der Waals surface area contributed by atoms with Gasteiger partial charge in [0.15, 0.2) is 5.60 Å². The predicted molar refractivity (Wildman–Crippen MR) is 189 cm³/mol. The van der Waals surface area contributed by atoms with Crippen LogP contribution in [0.5, 0.6) is 5.75 Å². The summed E-state index contributed by atoms with van der Waals surface area (Å²) in [6.45, 7) is 7.14. The second-order valence-electron chi connectivity index (χ2n) is 13.7. The second kappa shape index (κ2) is 14.1. The van der Waals surface area contributed by atoms with Gasteiger partial charge in [-0.2, -0.15) is 0 Å². The third kappa shape index (κ3) is 6.58. The van der Waals surface area contributed by atoms with Gasteiger partial charge in [-0.15, -0.1) is 5.10 Å². The molecule has 2 aliphatic rings. The van der Waals surface area contributed by atoms with E-state index in [1.165, 1.54) is 6.92 Å². The van der Waals surface area contributed by atoms with Crippen LogP contribution in [-0.4, -0.2) is 71.4 Å². The number of nitrogens with zero attached hydrogens (tertiary/aromatic N) is 4. The topological polar surface area (TPSA) is 139 Å². The highest BCUT2D eigenvalue weighted by molar-refractivity contribution is 6.72. The molecule has 1 saturated heterocycles. The Morgan fingerprint density at radius 2 is 1.86 bits per heavy atom. The molecule has 2 amide bonds. The van der Waals surface area contributed by atoms with E-state index in [9.17, 15) is 19.8 Å². The zero-order chi connectivity index (χ0) is 35.8. The van der Waals surface area contributed by atoms with E-state index in [0.29, 0.717) is 41.3 Å². The molecule has 11 nitrogen and oxygen atoms in total. The number of hydrogen-bond donors (Lipinski definition) is 3. The molecule has 0 bridgehead atoms. The van der Waals surface area contributed by atoms with Gasteiger partial charge < -0.3 is 34.0 Å². The summed E-state index contributed by atoms with van der Waals surface area (Å²) in [5.41, 5.74) is 2.29. The molecule has 3 aromatic carbocycles. The molecular weight excluding hydrogens is 658 g/mol. The van der Waals surface area contributed by atoms with Gasteiger partial charge in [0.05, 0.1) is 43.7 Å². The molecule has 264 valence electrons. The zero-order valence-corrected chi connectivity index (χ0v) is 29.9. The number of hydrogen-bond acceptors (Lipinski definition) is 8. The average Bonchev–Trinajstić information content (AvgIpc) is 3.75. The Kier molecular flexibility index (Phi) is 9.95. The molecule has 0 saturated carbocycles. The number of ether oxygens (including phenoxy) is 2. The summed E-state index contributed by atoms with van der Waals surface area (Å²) in [7, 11) is -1.84. The Labute approximate surface area is 292 Å². The van der Waals surface area contributed by atoms with Crippen molar-refractivity contribution in [3.05, 3.63) is 101 Å². The lowest BCUT2D eigenvalue weighted by Crippen LogP contribution is -2.45. The van der Waals surface area contributed by atoms with Gasteiger partial charge in [0, 0.05) is 35.5 Å². The zero-order valence-electron chi connectivity index (χ0n) is 28.9. The van der Waals surface area contributed by atoms with Crippen LogP contribution in [0.15, 0.2) is 79.0 Å². The van der Waals surface area contributed by atoms with Crippen LogP contribution in [0.25, 0.3) is 0 Å². The van der Waals surface area contributed by atoms with Crippen LogP contribution in [0.4, 0.5) is 15.5 Å². The number of methoxy groups -OCH3 is 1. The van der Waals surface area contributed by atoms with E-state index in [1.807, 2.05) is 61.5 Å². The van der Waals surface area contributed by atoms with E-state index in [0.717, 1.165) is 11.1 Å². The number of amides is 2. The van der Waals surface area contributed by atoms with Crippen molar-refractivity contribution in [2.24, 2.45) is 5.92 Å². The average molecular weight is 702 g/mol. The number of anilines is 2. The summed E-state index contributed by atoms with van der Waals surface area (Å²) in [6.07, 6.45) is 0.485. The summed E-state index contributed by atoms with van der Waals surface area (Å²) in [5, 5.41) is 31.0. The summed E-state index contributed by atoms with van der Waals surface area (Å²) < 4.78 is 30.5. The number of halogens is 1. The number of fused-ring (bicyclic) bond motifs is 2. The van der Waals surface area contributed by atoms with Crippen LogP contribution in [0, 0.1) is 5.92 Å². The van der Waals surface area contributed by atoms with Gasteiger partial charge in [-0.3, -0.25) is 14.3 Å². The van der Waals surface area contributed by atoms with Crippen molar-refractivity contribution in [2.45, 2.75) is 75.7 Å². The molecule has 13 heteroatoms. The first-order valence-electron chi connectivity index (χ1n) is 16.9. The highest BCUT2D eigenvalue weighted by atomic mass is 28.4. The van der Waals surface area contributed by atoms with Crippen molar-refractivity contribution in [3.63, 3.8) is 0 Å². The van der Waals surface area contributed by atoms with E-state index < -0.39 is 43.6 Å². The monoisotopic (exact) mass is 701 g/mol. The molecular formula is C37H44FN5O6Si. The molecule has 1 unspecified atom stereocenters. The first-order chi connectivity index (χ1) is 23.9. The van der Waals surface area contributed by atoms with E-state index in [2.05, 4.69) is 15.6 Å². The smallest absolute Gasteiger partial charge is 0.264 e. The van der Waals surface area contributed by atoms with Crippen LogP contribution < -0.4 is 15.0 Å². The molecule has 6 atom stereocenters. The third-order valence-corrected chi connectivity index (χ3v) is 12.5. The fourth-order valence-electron chi connectivity index (χ4n) is 7.60. The Morgan fingerprint density at radius 1 is 1.14 bits per heavy atom. The number of carbonyl (C=O) groups excluding carboxylic acids is 2. The van der Waals surface area contributed by atoms with E-state index in [-0.39, 0.29) is 25.0 Å². The largest absolute Gasteiger partial charge is 0.497 e. The van der Waals surface area contributed by atoms with Gasteiger partial charge in [-0.1, -0.05) is 54.6 Å². The number of benzene rings is 3. The number of carbonyl (C=O) groups is 2. The summed E-state index contributed by atoms with van der Waals surface area (Å²) in [4.78, 5) is 28.4. The van der Waals surface area contributed by atoms with Crippen LogP contribution in [0.1, 0.15) is 48.6 Å². The minimum absolute atomic E-state index is 0.122. The van der Waals surface area contributed by atoms with Crippen LogP contribution in [0.3, 0.4) is 0 Å². The Bertz CT molecular complexity index is 1830. The van der Waals surface area contributed by atoms with Crippen molar-refractivity contribution >= 4 is 31.6 Å². The first-order valence-corrected chi connectivity index (χ1v) is 19.8. The highest BCUT2D eigenvalue weighted by Gasteiger charge is 2.66. The Balaban J connectivity index is 1.28. The normalized spacial score (nSPS) is 22.8. The van der Waals surface area contributed by atoms with Crippen LogP contribution >= 0.6 is 0 Å². The lowest BCUT2D eigenvalue weighted by atomic mass is 9.82. The maximum atomic E-state index is 16.4. The number of aryl methyl sites for hydroxylation is 1. The van der Waals surface area contributed by atoms with Gasteiger partial charge in [-0.25, -0.2) is 0 Å². The number of aromatic nitrogens is 3. The van der Waals surface area contributed by atoms with E-state index in [4.69, 9.17) is 9.47 Å². The SMILES string of the molecule is COc1ccc2c(c1)[C@@]1(O[C@H](CCn3cc(C(CO)c4ccccc4)nn3)[C@@H]([Si](C)(C)F)[C@@H]1C)C(=O)N2Cc1ccc(NC(=O)[C@H](C)O)cc1. The van der Waals surface area contributed by atoms with Crippen molar-refractivity contribution in [1.29, 1.82) is 0 Å². The van der Waals surface area contributed by atoms with E-state index >= 15 is 4.11 Å². The maximum Gasteiger partial charge on any atom is 0.264 e. The predicted octanol–water partition coefficient (Wildman–Crippen LogP) is 5.14. The van der Waals surface area contributed by atoms with Crippen molar-refractivity contribution in [2.75, 3.05) is 23.9 Å². The Morgan fingerprint density at radius 3 is 2.50 bits per heavy atom. The molecule has 0 radical (unpaired) electrons. The minimum Gasteiger partial charge on any atom is -0.497 e.